The Morgan fingerprint density at radius 2 is 1.77 bits per heavy atom. The van der Waals surface area contributed by atoms with Crippen molar-refractivity contribution in [3.05, 3.63) is 42.1 Å². The summed E-state index contributed by atoms with van der Waals surface area (Å²) in [4.78, 5) is 11.2. The summed E-state index contributed by atoms with van der Waals surface area (Å²) in [6, 6.07) is 11.4. The Bertz CT molecular complexity index is 686. The number of hydrogen-bond acceptors (Lipinski definition) is 3. The molecular weight excluding hydrogens is 437 g/mol. The highest BCUT2D eigenvalue weighted by Crippen LogP contribution is 2.15. The molecule has 0 saturated carbocycles. The molecular formula is C20H32IN5. The zero-order valence-corrected chi connectivity index (χ0v) is 18.8. The number of nitrogens with zero attached hydrogens (tertiary/aromatic N) is 3. The molecule has 0 unspecified atom stereocenters. The summed E-state index contributed by atoms with van der Waals surface area (Å²) in [7, 11) is 1.81. The van der Waals surface area contributed by atoms with E-state index < -0.39 is 0 Å². The van der Waals surface area contributed by atoms with E-state index >= 15 is 0 Å². The van der Waals surface area contributed by atoms with E-state index in [4.69, 9.17) is 0 Å². The molecule has 0 bridgehead atoms. The van der Waals surface area contributed by atoms with Crippen LogP contribution in [0.15, 0.2) is 41.5 Å². The Balaban J connectivity index is 0.00000338. The van der Waals surface area contributed by atoms with Crippen molar-refractivity contribution in [2.24, 2.45) is 4.99 Å². The van der Waals surface area contributed by atoms with Gasteiger partial charge < -0.3 is 10.6 Å². The van der Waals surface area contributed by atoms with Crippen LogP contribution in [0.1, 0.15) is 33.3 Å². The molecule has 2 aromatic rings. The van der Waals surface area contributed by atoms with E-state index in [0.29, 0.717) is 12.1 Å². The van der Waals surface area contributed by atoms with Crippen molar-refractivity contribution >= 4 is 40.8 Å². The van der Waals surface area contributed by atoms with Crippen molar-refractivity contribution < 1.29 is 0 Å². The number of benzene rings is 1. The second-order valence-corrected chi connectivity index (χ2v) is 6.77. The van der Waals surface area contributed by atoms with Crippen molar-refractivity contribution in [1.82, 2.24) is 20.5 Å². The van der Waals surface area contributed by atoms with Gasteiger partial charge in [-0.25, -0.2) is 0 Å². The average Bonchev–Trinajstić information content (AvgIpc) is 2.60. The number of halogens is 1. The lowest BCUT2D eigenvalue weighted by molar-refractivity contribution is 0.178. The van der Waals surface area contributed by atoms with Gasteiger partial charge in [-0.05, 0) is 45.4 Å². The third kappa shape index (κ3) is 6.39. The van der Waals surface area contributed by atoms with Crippen LogP contribution >= 0.6 is 24.0 Å². The molecule has 1 aromatic heterocycles. The molecule has 0 aliphatic heterocycles. The first-order chi connectivity index (χ1) is 12.0. The van der Waals surface area contributed by atoms with Gasteiger partial charge in [-0.1, -0.05) is 18.2 Å². The largest absolute Gasteiger partial charge is 0.355 e. The van der Waals surface area contributed by atoms with Crippen LogP contribution in [0.5, 0.6) is 0 Å². The smallest absolute Gasteiger partial charge is 0.191 e. The lowest BCUT2D eigenvalue weighted by Crippen LogP contribution is -2.45. The Labute approximate surface area is 174 Å². The van der Waals surface area contributed by atoms with E-state index in [2.05, 4.69) is 65.3 Å². The number of pyridine rings is 1. The minimum atomic E-state index is 0. The molecule has 6 heteroatoms. The molecule has 26 heavy (non-hydrogen) atoms. The fourth-order valence-electron chi connectivity index (χ4n) is 3.12. The monoisotopic (exact) mass is 469 g/mol. The minimum Gasteiger partial charge on any atom is -0.355 e. The van der Waals surface area contributed by atoms with Gasteiger partial charge in [-0.3, -0.25) is 14.9 Å². The number of aliphatic imine (C=N–C) groups is 1. The van der Waals surface area contributed by atoms with E-state index in [9.17, 15) is 0 Å². The van der Waals surface area contributed by atoms with Crippen molar-refractivity contribution in [2.75, 3.05) is 20.1 Å². The Hall–Kier alpha value is -1.41. The van der Waals surface area contributed by atoms with Gasteiger partial charge in [-0.15, -0.1) is 24.0 Å². The number of hydrogen-bond donors (Lipinski definition) is 2. The number of fused-ring (bicyclic) bond motifs is 1. The fourth-order valence-corrected chi connectivity index (χ4v) is 3.12. The number of para-hydroxylation sites is 1. The maximum absolute atomic E-state index is 4.41. The minimum absolute atomic E-state index is 0. The van der Waals surface area contributed by atoms with Gasteiger partial charge in [0.25, 0.3) is 0 Å². The molecule has 0 fully saturated rings. The molecule has 144 valence electrons. The fraction of sp³-hybridized carbons (Fsp3) is 0.500. The first kappa shape index (κ1) is 22.6. The molecule has 0 saturated heterocycles. The van der Waals surface area contributed by atoms with E-state index in [1.165, 1.54) is 10.9 Å². The first-order valence-corrected chi connectivity index (χ1v) is 9.05. The summed E-state index contributed by atoms with van der Waals surface area (Å²) in [6.07, 6.45) is 1.86. The molecule has 0 aliphatic carbocycles. The van der Waals surface area contributed by atoms with Crippen LogP contribution < -0.4 is 10.6 Å². The SMILES string of the molecule is CN=C(NCCN(C(C)C)C(C)C)NCc1ccnc2ccccc12.I. The summed E-state index contributed by atoms with van der Waals surface area (Å²) in [6.45, 7) is 11.5. The van der Waals surface area contributed by atoms with Crippen molar-refractivity contribution in [2.45, 2.75) is 46.3 Å². The molecule has 1 aromatic carbocycles. The topological polar surface area (TPSA) is 52.6 Å². The van der Waals surface area contributed by atoms with Crippen LogP contribution in [0.3, 0.4) is 0 Å². The maximum atomic E-state index is 4.41. The number of guanidine groups is 1. The maximum Gasteiger partial charge on any atom is 0.191 e. The molecule has 0 spiro atoms. The molecule has 0 aliphatic rings. The Kier molecular flexibility index (Phi) is 9.87. The molecule has 1 heterocycles. The van der Waals surface area contributed by atoms with Gasteiger partial charge in [0.05, 0.1) is 5.52 Å². The lowest BCUT2D eigenvalue weighted by atomic mass is 10.1. The molecule has 2 N–H and O–H groups in total. The van der Waals surface area contributed by atoms with Crippen molar-refractivity contribution in [3.63, 3.8) is 0 Å². The van der Waals surface area contributed by atoms with E-state index in [1.807, 2.05) is 31.4 Å². The van der Waals surface area contributed by atoms with Crippen LogP contribution in [-0.4, -0.2) is 48.1 Å². The van der Waals surface area contributed by atoms with Gasteiger partial charge in [0.2, 0.25) is 0 Å². The van der Waals surface area contributed by atoms with Gasteiger partial charge in [0.15, 0.2) is 5.96 Å². The molecule has 0 amide bonds. The van der Waals surface area contributed by atoms with Crippen LogP contribution in [0.4, 0.5) is 0 Å². The highest BCUT2D eigenvalue weighted by molar-refractivity contribution is 14.0. The highest BCUT2D eigenvalue weighted by Gasteiger charge is 2.12. The number of nitrogens with one attached hydrogen (secondary N) is 2. The molecule has 0 atom stereocenters. The second-order valence-electron chi connectivity index (χ2n) is 6.77. The molecule has 5 nitrogen and oxygen atoms in total. The zero-order valence-electron chi connectivity index (χ0n) is 16.5. The predicted molar refractivity (Wildman–Crippen MR) is 122 cm³/mol. The van der Waals surface area contributed by atoms with Gasteiger partial charge in [-0.2, -0.15) is 0 Å². The van der Waals surface area contributed by atoms with Gasteiger partial charge in [0, 0.05) is 50.3 Å². The third-order valence-corrected chi connectivity index (χ3v) is 4.40. The third-order valence-electron chi connectivity index (χ3n) is 4.40. The zero-order chi connectivity index (χ0) is 18.2. The average molecular weight is 469 g/mol. The van der Waals surface area contributed by atoms with E-state index in [0.717, 1.165) is 31.1 Å². The normalized spacial score (nSPS) is 11.9. The summed E-state index contributed by atoms with van der Waals surface area (Å²) in [5.41, 5.74) is 2.24. The summed E-state index contributed by atoms with van der Waals surface area (Å²) in [5.74, 6) is 0.827. The van der Waals surface area contributed by atoms with Crippen LogP contribution in [0.2, 0.25) is 0 Å². The summed E-state index contributed by atoms with van der Waals surface area (Å²) in [5, 5.41) is 7.99. The Morgan fingerprint density at radius 3 is 2.42 bits per heavy atom. The van der Waals surface area contributed by atoms with Gasteiger partial charge >= 0.3 is 0 Å². The lowest BCUT2D eigenvalue weighted by Gasteiger charge is -2.30. The summed E-state index contributed by atoms with van der Waals surface area (Å²) >= 11 is 0. The predicted octanol–water partition coefficient (Wildman–Crippen LogP) is 3.64. The van der Waals surface area contributed by atoms with Crippen molar-refractivity contribution in [3.8, 4) is 0 Å². The first-order valence-electron chi connectivity index (χ1n) is 9.05. The van der Waals surface area contributed by atoms with E-state index in [1.54, 1.807) is 0 Å². The van der Waals surface area contributed by atoms with E-state index in [-0.39, 0.29) is 24.0 Å². The quantitative estimate of drug-likeness (QED) is 0.370. The van der Waals surface area contributed by atoms with Crippen LogP contribution in [0, 0.1) is 0 Å². The standard InChI is InChI=1S/C20H31N5.HI/c1-15(2)25(16(3)4)13-12-23-20(21-5)24-14-17-10-11-22-19-9-7-6-8-18(17)19;/h6-11,15-16H,12-14H2,1-5H3,(H2,21,23,24);1H. The molecule has 2 rings (SSSR count). The van der Waals surface area contributed by atoms with Gasteiger partial charge in [0.1, 0.15) is 0 Å². The van der Waals surface area contributed by atoms with Crippen molar-refractivity contribution in [1.29, 1.82) is 0 Å². The molecule has 0 radical (unpaired) electrons. The summed E-state index contributed by atoms with van der Waals surface area (Å²) < 4.78 is 0. The Morgan fingerprint density at radius 1 is 1.08 bits per heavy atom. The van der Waals surface area contributed by atoms with Crippen LogP contribution in [0.25, 0.3) is 10.9 Å². The second kappa shape index (κ2) is 11.3. The number of rotatable bonds is 7. The van der Waals surface area contributed by atoms with Crippen LogP contribution in [-0.2, 0) is 6.54 Å². The highest BCUT2D eigenvalue weighted by atomic mass is 127. The number of aromatic nitrogens is 1.